The molecule has 0 aromatic heterocycles. The molecule has 1 unspecified atom stereocenters. The molecule has 0 radical (unpaired) electrons. The topological polar surface area (TPSA) is 61.1 Å². The van der Waals surface area contributed by atoms with E-state index in [0.29, 0.717) is 5.56 Å². The van der Waals surface area contributed by atoms with Gasteiger partial charge in [0.15, 0.2) is 0 Å². The van der Waals surface area contributed by atoms with Crippen molar-refractivity contribution in [3.8, 4) is 6.07 Å². The first-order valence-electron chi connectivity index (χ1n) is 5.07. The summed E-state index contributed by atoms with van der Waals surface area (Å²) in [5, 5.41) is 18.8. The fraction of sp³-hybridized carbons (Fsp3) is 0.333. The van der Waals surface area contributed by atoms with Gasteiger partial charge in [-0.15, -0.1) is 0 Å². The fourth-order valence-corrected chi connectivity index (χ4v) is 3.48. The smallest absolute Gasteiger partial charge is 0.340 e. The van der Waals surface area contributed by atoms with Crippen molar-refractivity contribution >= 4 is 27.6 Å². The zero-order valence-electron chi connectivity index (χ0n) is 9.58. The average Bonchev–Trinajstić information content (AvgIpc) is 2.31. The lowest BCUT2D eigenvalue weighted by Gasteiger charge is -2.21. The third kappa shape index (κ3) is 3.18. The van der Waals surface area contributed by atoms with Crippen LogP contribution in [0.5, 0.6) is 0 Å². The number of nitrogens with zero attached hydrogens (tertiary/aromatic N) is 1. The lowest BCUT2D eigenvalue weighted by Crippen LogP contribution is -2.30. The summed E-state index contributed by atoms with van der Waals surface area (Å²) in [4.78, 5) is 11.4. The normalized spacial score (nSPS) is 14.0. The second-order valence-corrected chi connectivity index (χ2v) is 6.68. The molecule has 0 spiro atoms. The predicted octanol–water partition coefficient (Wildman–Crippen LogP) is 3.28. The number of hydrogen-bond acceptors (Lipinski definition) is 4. The maximum atomic E-state index is 11.4. The van der Waals surface area contributed by atoms with E-state index in [1.807, 2.05) is 19.9 Å². The Bertz CT molecular complexity index is 428. The Hall–Kier alpha value is -1.12. The minimum absolute atomic E-state index is 0.260. The molecule has 0 fully saturated rings. The minimum Gasteiger partial charge on any atom is -0.479 e. The summed E-state index contributed by atoms with van der Waals surface area (Å²) in [5.41, 5.74) is 0.508. The number of carboxylic acid groups (broad SMARTS) is 1. The van der Waals surface area contributed by atoms with Gasteiger partial charge in [-0.25, -0.2) is 4.79 Å². The number of aliphatic carboxylic acids is 1. The highest BCUT2D eigenvalue weighted by Crippen LogP contribution is 2.45. The summed E-state index contributed by atoms with van der Waals surface area (Å²) < 4.78 is -1.53. The van der Waals surface area contributed by atoms with Crippen molar-refractivity contribution in [3.63, 3.8) is 0 Å². The SMILES string of the molecule is CC(C)SSC(C#N)(C(=O)O)c1ccccc1. The van der Waals surface area contributed by atoms with Crippen LogP contribution in [-0.2, 0) is 9.54 Å². The number of nitriles is 1. The molecule has 0 amide bonds. The molecule has 1 aromatic rings. The van der Waals surface area contributed by atoms with Gasteiger partial charge in [0, 0.05) is 5.25 Å². The van der Waals surface area contributed by atoms with E-state index >= 15 is 0 Å². The van der Waals surface area contributed by atoms with Crippen LogP contribution in [0.3, 0.4) is 0 Å². The third-order valence-corrected chi connectivity index (χ3v) is 5.43. The molecule has 1 rings (SSSR count). The van der Waals surface area contributed by atoms with Crippen molar-refractivity contribution in [2.24, 2.45) is 0 Å². The number of carboxylic acids is 1. The Labute approximate surface area is 109 Å². The fourth-order valence-electron chi connectivity index (χ4n) is 1.18. The van der Waals surface area contributed by atoms with Gasteiger partial charge in [0.1, 0.15) is 0 Å². The van der Waals surface area contributed by atoms with Crippen molar-refractivity contribution in [2.45, 2.75) is 23.8 Å². The molecule has 0 heterocycles. The second-order valence-electron chi connectivity index (χ2n) is 3.69. The lowest BCUT2D eigenvalue weighted by atomic mass is 10.00. The van der Waals surface area contributed by atoms with E-state index in [4.69, 9.17) is 0 Å². The van der Waals surface area contributed by atoms with Crippen LogP contribution in [-0.4, -0.2) is 16.3 Å². The van der Waals surface area contributed by atoms with E-state index in [0.717, 1.165) is 10.8 Å². The van der Waals surface area contributed by atoms with Crippen LogP contribution in [0, 0.1) is 11.3 Å². The number of hydrogen-bond donors (Lipinski definition) is 1. The molecule has 0 saturated carbocycles. The van der Waals surface area contributed by atoms with E-state index in [-0.39, 0.29) is 5.25 Å². The molecule has 0 aliphatic carbocycles. The first-order valence-corrected chi connectivity index (χ1v) is 7.29. The molecule has 0 aliphatic heterocycles. The van der Waals surface area contributed by atoms with E-state index < -0.39 is 10.7 Å². The molecule has 3 nitrogen and oxygen atoms in total. The van der Waals surface area contributed by atoms with Gasteiger partial charge in [0.25, 0.3) is 0 Å². The van der Waals surface area contributed by atoms with Gasteiger partial charge in [-0.3, -0.25) is 0 Å². The van der Waals surface area contributed by atoms with E-state index in [1.54, 1.807) is 30.3 Å². The Morgan fingerprint density at radius 3 is 2.41 bits per heavy atom. The van der Waals surface area contributed by atoms with Crippen molar-refractivity contribution in [1.82, 2.24) is 0 Å². The van der Waals surface area contributed by atoms with Crippen LogP contribution in [0.2, 0.25) is 0 Å². The zero-order valence-corrected chi connectivity index (χ0v) is 11.2. The Kier molecular flexibility index (Phi) is 4.91. The van der Waals surface area contributed by atoms with Crippen LogP contribution >= 0.6 is 21.6 Å². The van der Waals surface area contributed by atoms with Gasteiger partial charge in [-0.05, 0) is 5.56 Å². The highest BCUT2D eigenvalue weighted by Gasteiger charge is 2.42. The Morgan fingerprint density at radius 2 is 2.00 bits per heavy atom. The number of benzene rings is 1. The van der Waals surface area contributed by atoms with Gasteiger partial charge < -0.3 is 5.11 Å². The lowest BCUT2D eigenvalue weighted by molar-refractivity contribution is -0.138. The van der Waals surface area contributed by atoms with Crippen molar-refractivity contribution in [3.05, 3.63) is 35.9 Å². The second kappa shape index (κ2) is 5.99. The third-order valence-electron chi connectivity index (χ3n) is 2.00. The van der Waals surface area contributed by atoms with Crippen molar-refractivity contribution in [1.29, 1.82) is 5.26 Å². The Balaban J connectivity index is 3.11. The summed E-state index contributed by atoms with van der Waals surface area (Å²) in [7, 11) is 2.49. The Morgan fingerprint density at radius 1 is 1.41 bits per heavy atom. The molecular formula is C12H13NO2S2. The van der Waals surface area contributed by atoms with Crippen molar-refractivity contribution in [2.75, 3.05) is 0 Å². The van der Waals surface area contributed by atoms with E-state index in [9.17, 15) is 15.2 Å². The maximum absolute atomic E-state index is 11.4. The minimum atomic E-state index is -1.53. The quantitative estimate of drug-likeness (QED) is 0.829. The maximum Gasteiger partial charge on any atom is 0.340 e. The first kappa shape index (κ1) is 13.9. The molecule has 17 heavy (non-hydrogen) atoms. The molecule has 90 valence electrons. The number of rotatable bonds is 5. The van der Waals surface area contributed by atoms with Crippen molar-refractivity contribution < 1.29 is 9.90 Å². The molecule has 5 heteroatoms. The van der Waals surface area contributed by atoms with Gasteiger partial charge >= 0.3 is 5.97 Å². The molecule has 0 bridgehead atoms. The molecular weight excluding hydrogens is 254 g/mol. The largest absolute Gasteiger partial charge is 0.479 e. The zero-order chi connectivity index (χ0) is 12.9. The molecule has 1 atom stereocenters. The highest BCUT2D eigenvalue weighted by molar-refractivity contribution is 8.77. The van der Waals surface area contributed by atoms with Crippen LogP contribution in [0.15, 0.2) is 30.3 Å². The first-order chi connectivity index (χ1) is 8.03. The van der Waals surface area contributed by atoms with Gasteiger partial charge in [0.05, 0.1) is 6.07 Å². The summed E-state index contributed by atoms with van der Waals surface area (Å²) in [6, 6.07) is 10.6. The highest BCUT2D eigenvalue weighted by atomic mass is 33.1. The standard InChI is InChI=1S/C12H13NO2S2/c1-9(2)16-17-12(8-13,11(14)15)10-6-4-3-5-7-10/h3-7,9H,1-2H3,(H,14,15). The van der Waals surface area contributed by atoms with E-state index in [2.05, 4.69) is 0 Å². The summed E-state index contributed by atoms with van der Waals surface area (Å²) in [6.07, 6.45) is 0. The molecule has 1 N–H and O–H groups in total. The van der Waals surface area contributed by atoms with E-state index in [1.165, 1.54) is 10.8 Å². The van der Waals surface area contributed by atoms with Gasteiger partial charge in [-0.1, -0.05) is 65.8 Å². The van der Waals surface area contributed by atoms with Crippen LogP contribution in [0.1, 0.15) is 19.4 Å². The summed E-state index contributed by atoms with van der Waals surface area (Å²) in [5.74, 6) is -1.12. The predicted molar refractivity (Wildman–Crippen MR) is 71.7 cm³/mol. The van der Waals surface area contributed by atoms with Crippen LogP contribution in [0.4, 0.5) is 0 Å². The molecule has 0 aliphatic rings. The summed E-state index contributed by atoms with van der Waals surface area (Å²) in [6.45, 7) is 3.93. The summed E-state index contributed by atoms with van der Waals surface area (Å²) >= 11 is 0. The average molecular weight is 267 g/mol. The van der Waals surface area contributed by atoms with Gasteiger partial charge in [-0.2, -0.15) is 5.26 Å². The van der Waals surface area contributed by atoms with Crippen LogP contribution in [0.25, 0.3) is 0 Å². The van der Waals surface area contributed by atoms with Gasteiger partial charge in [0.2, 0.25) is 4.75 Å². The monoisotopic (exact) mass is 267 g/mol. The van der Waals surface area contributed by atoms with Crippen LogP contribution < -0.4 is 0 Å². The molecule has 1 aromatic carbocycles. The number of carbonyl (C=O) groups is 1. The molecule has 0 saturated heterocycles.